The number of piperidine rings is 2. The number of aromatic hydroxyl groups is 1. The third kappa shape index (κ3) is 3.84. The highest BCUT2D eigenvalue weighted by atomic mass is 32.1. The average Bonchev–Trinajstić information content (AvgIpc) is 3.30. The Kier molecular flexibility index (Phi) is 4.71. The van der Waals surface area contributed by atoms with E-state index in [4.69, 9.17) is 4.74 Å². The summed E-state index contributed by atoms with van der Waals surface area (Å²) in [6.45, 7) is 1.92. The van der Waals surface area contributed by atoms with Crippen LogP contribution in [0.15, 0.2) is 30.5 Å². The topological polar surface area (TPSA) is 85.1 Å². The molecule has 2 unspecified atom stereocenters. The quantitative estimate of drug-likeness (QED) is 0.679. The number of aryl methyl sites for hydroxylation is 1. The van der Waals surface area contributed by atoms with Crippen LogP contribution < -0.4 is 10.1 Å². The van der Waals surface area contributed by atoms with Gasteiger partial charge in [0, 0.05) is 24.3 Å². The fraction of sp³-hybridized carbons (Fsp3) is 0.450. The number of hydrogen-bond donors (Lipinski definition) is 2. The van der Waals surface area contributed by atoms with Gasteiger partial charge in [-0.2, -0.15) is 5.10 Å². The molecular weight excluding hydrogens is 393 g/mol. The summed E-state index contributed by atoms with van der Waals surface area (Å²) in [6.07, 6.45) is 3.79. The minimum absolute atomic E-state index is 0.0126. The Balaban J connectivity index is 1.30. The van der Waals surface area contributed by atoms with E-state index in [-0.39, 0.29) is 23.9 Å². The highest BCUT2D eigenvalue weighted by molar-refractivity contribution is 7.16. The molecule has 2 aromatic heterocycles. The van der Waals surface area contributed by atoms with Crippen LogP contribution in [0.3, 0.4) is 0 Å². The lowest BCUT2D eigenvalue weighted by atomic mass is 9.84. The lowest BCUT2D eigenvalue weighted by Crippen LogP contribution is -2.54. The van der Waals surface area contributed by atoms with Gasteiger partial charge in [0.25, 0.3) is 5.19 Å². The zero-order valence-electron chi connectivity index (χ0n) is 16.0. The Labute approximate surface area is 171 Å². The van der Waals surface area contributed by atoms with Gasteiger partial charge in [-0.25, -0.2) is 9.07 Å². The SMILES string of the molecule is Cc1ccn(-c2ccc(-c3nnc(OC4CC5CC(F)CC(C4)N5)s3)c(O)c2)n1. The Hall–Kier alpha value is -2.52. The van der Waals surface area contributed by atoms with Crippen LogP contribution in [-0.4, -0.2) is 49.4 Å². The number of benzene rings is 1. The standard InChI is InChI=1S/C20H22FN5O2S/c1-11-4-5-26(25-11)15-2-3-17(18(27)10-15)19-23-24-20(29-19)28-16-8-13-6-12(21)7-14(9-16)22-13/h2-5,10,12-14,16,22,27H,6-9H2,1H3. The van der Waals surface area contributed by atoms with E-state index in [2.05, 4.69) is 20.6 Å². The zero-order chi connectivity index (χ0) is 20.0. The van der Waals surface area contributed by atoms with Gasteiger partial charge >= 0.3 is 0 Å². The number of fused-ring (bicyclic) bond motifs is 2. The summed E-state index contributed by atoms with van der Waals surface area (Å²) in [5, 5.41) is 27.7. The number of hydrogen-bond acceptors (Lipinski definition) is 7. The lowest BCUT2D eigenvalue weighted by molar-refractivity contribution is 0.0625. The molecule has 2 N–H and O–H groups in total. The molecule has 5 rings (SSSR count). The van der Waals surface area contributed by atoms with Gasteiger partial charge in [0.1, 0.15) is 18.0 Å². The maximum atomic E-state index is 13.7. The molecule has 29 heavy (non-hydrogen) atoms. The van der Waals surface area contributed by atoms with Gasteiger partial charge < -0.3 is 15.2 Å². The van der Waals surface area contributed by atoms with Gasteiger partial charge in [-0.15, -0.1) is 5.10 Å². The zero-order valence-corrected chi connectivity index (χ0v) is 16.8. The van der Waals surface area contributed by atoms with E-state index in [0.717, 1.165) is 24.2 Å². The minimum Gasteiger partial charge on any atom is -0.507 e. The van der Waals surface area contributed by atoms with E-state index in [1.807, 2.05) is 31.3 Å². The predicted molar refractivity (Wildman–Crippen MR) is 107 cm³/mol. The fourth-order valence-corrected chi connectivity index (χ4v) is 5.05. The number of phenols is 1. The van der Waals surface area contributed by atoms with Crippen molar-refractivity contribution in [2.45, 2.75) is 57.0 Å². The normalized spacial score (nSPS) is 26.4. The van der Waals surface area contributed by atoms with Crippen LogP contribution in [-0.2, 0) is 0 Å². The summed E-state index contributed by atoms with van der Waals surface area (Å²) in [5.74, 6) is 0.115. The van der Waals surface area contributed by atoms with Gasteiger partial charge in [0.2, 0.25) is 0 Å². The van der Waals surface area contributed by atoms with Gasteiger partial charge in [-0.1, -0.05) is 16.4 Å². The third-order valence-corrected chi connectivity index (χ3v) is 6.37. The highest BCUT2D eigenvalue weighted by Gasteiger charge is 2.37. The van der Waals surface area contributed by atoms with E-state index in [1.54, 1.807) is 10.7 Å². The third-order valence-electron chi connectivity index (χ3n) is 5.52. The summed E-state index contributed by atoms with van der Waals surface area (Å²) >= 11 is 1.31. The molecule has 2 aliphatic rings. The molecule has 1 aromatic carbocycles. The van der Waals surface area contributed by atoms with Crippen LogP contribution in [0, 0.1) is 6.92 Å². The molecule has 2 fully saturated rings. The first-order valence-corrected chi connectivity index (χ1v) is 10.6. The first-order chi connectivity index (χ1) is 14.0. The Morgan fingerprint density at radius 2 is 1.97 bits per heavy atom. The van der Waals surface area contributed by atoms with Crippen molar-refractivity contribution in [3.63, 3.8) is 0 Å². The van der Waals surface area contributed by atoms with E-state index in [9.17, 15) is 9.50 Å². The molecule has 4 heterocycles. The molecule has 2 bridgehead atoms. The second kappa shape index (κ2) is 7.38. The van der Waals surface area contributed by atoms with Crippen molar-refractivity contribution in [3.05, 3.63) is 36.2 Å². The Morgan fingerprint density at radius 1 is 1.17 bits per heavy atom. The van der Waals surface area contributed by atoms with E-state index in [1.165, 1.54) is 11.3 Å². The van der Waals surface area contributed by atoms with Crippen molar-refractivity contribution < 1.29 is 14.2 Å². The van der Waals surface area contributed by atoms with Crippen molar-refractivity contribution in [3.8, 4) is 27.2 Å². The number of halogens is 1. The van der Waals surface area contributed by atoms with Gasteiger partial charge in [0.15, 0.2) is 5.01 Å². The van der Waals surface area contributed by atoms with Crippen LogP contribution in [0.2, 0.25) is 0 Å². The van der Waals surface area contributed by atoms with Gasteiger partial charge in [0.05, 0.1) is 16.9 Å². The summed E-state index contributed by atoms with van der Waals surface area (Å²) in [5.41, 5.74) is 2.28. The van der Waals surface area contributed by atoms with E-state index >= 15 is 0 Å². The molecule has 0 amide bonds. The number of phenolic OH excluding ortho intramolecular Hbond substituents is 1. The Morgan fingerprint density at radius 3 is 2.66 bits per heavy atom. The summed E-state index contributed by atoms with van der Waals surface area (Å²) in [7, 11) is 0. The molecule has 0 aliphatic carbocycles. The smallest absolute Gasteiger partial charge is 0.294 e. The monoisotopic (exact) mass is 415 g/mol. The van der Waals surface area contributed by atoms with Crippen molar-refractivity contribution in [1.82, 2.24) is 25.3 Å². The molecule has 0 saturated carbocycles. The van der Waals surface area contributed by atoms with Crippen LogP contribution in [0.4, 0.5) is 4.39 Å². The number of alkyl halides is 1. The second-order valence-electron chi connectivity index (χ2n) is 7.82. The van der Waals surface area contributed by atoms with Gasteiger partial charge in [-0.05, 0) is 50.8 Å². The van der Waals surface area contributed by atoms with Crippen LogP contribution in [0.1, 0.15) is 31.4 Å². The first-order valence-electron chi connectivity index (χ1n) is 9.80. The second-order valence-corrected chi connectivity index (χ2v) is 8.76. The molecule has 2 aliphatic heterocycles. The molecule has 9 heteroatoms. The van der Waals surface area contributed by atoms with Crippen molar-refractivity contribution in [1.29, 1.82) is 0 Å². The van der Waals surface area contributed by atoms with Crippen LogP contribution >= 0.6 is 11.3 Å². The molecule has 0 spiro atoms. The molecule has 2 atom stereocenters. The highest BCUT2D eigenvalue weighted by Crippen LogP contribution is 2.36. The molecule has 0 radical (unpaired) electrons. The predicted octanol–water partition coefficient (Wildman–Crippen LogP) is 3.40. The average molecular weight is 415 g/mol. The Bertz CT molecular complexity index is 1000. The van der Waals surface area contributed by atoms with E-state index in [0.29, 0.717) is 28.6 Å². The molecule has 3 aromatic rings. The minimum atomic E-state index is -0.711. The summed E-state index contributed by atoms with van der Waals surface area (Å²) < 4.78 is 21.5. The van der Waals surface area contributed by atoms with Crippen molar-refractivity contribution >= 4 is 11.3 Å². The molecule has 152 valence electrons. The first kappa shape index (κ1) is 18.5. The largest absolute Gasteiger partial charge is 0.507 e. The number of rotatable bonds is 4. The lowest BCUT2D eigenvalue weighted by Gasteiger charge is -2.41. The van der Waals surface area contributed by atoms with Crippen LogP contribution in [0.5, 0.6) is 10.9 Å². The maximum Gasteiger partial charge on any atom is 0.294 e. The van der Waals surface area contributed by atoms with Crippen molar-refractivity contribution in [2.75, 3.05) is 0 Å². The summed E-state index contributed by atoms with van der Waals surface area (Å²) in [4.78, 5) is 0. The summed E-state index contributed by atoms with van der Waals surface area (Å²) in [6, 6.07) is 7.58. The number of aromatic nitrogens is 4. The number of ether oxygens (including phenoxy) is 1. The number of nitrogens with one attached hydrogen (secondary N) is 1. The molecule has 2 saturated heterocycles. The fourth-order valence-electron chi connectivity index (χ4n) is 4.25. The van der Waals surface area contributed by atoms with Crippen LogP contribution in [0.25, 0.3) is 16.3 Å². The number of nitrogens with zero attached hydrogens (tertiary/aromatic N) is 4. The van der Waals surface area contributed by atoms with Crippen molar-refractivity contribution in [2.24, 2.45) is 0 Å². The van der Waals surface area contributed by atoms with Gasteiger partial charge in [-0.3, -0.25) is 0 Å². The molecule has 7 nitrogen and oxygen atoms in total. The molecular formula is C20H22FN5O2S. The maximum absolute atomic E-state index is 13.7. The van der Waals surface area contributed by atoms with E-state index < -0.39 is 6.17 Å².